The smallest absolute Gasteiger partial charge is 0.459 e. The molecule has 2 unspecified atom stereocenters. The van der Waals surface area contributed by atoms with Gasteiger partial charge in [0.05, 0.1) is 12.2 Å². The van der Waals surface area contributed by atoms with E-state index in [9.17, 15) is 28.8 Å². The molecule has 0 bridgehead atoms. The summed E-state index contributed by atoms with van der Waals surface area (Å²) in [7, 11) is -4.40. The third-order valence-corrected chi connectivity index (χ3v) is 7.41. The lowest BCUT2D eigenvalue weighted by Crippen LogP contribution is -2.51. The van der Waals surface area contributed by atoms with Crippen molar-refractivity contribution in [3.63, 3.8) is 0 Å². The highest BCUT2D eigenvalue weighted by Crippen LogP contribution is 2.49. The maximum Gasteiger partial charge on any atom is 0.459 e. The van der Waals surface area contributed by atoms with Gasteiger partial charge >= 0.3 is 19.4 Å². The quantitative estimate of drug-likeness (QED) is 0.229. The minimum atomic E-state index is -4.40. The van der Waals surface area contributed by atoms with Crippen LogP contribution in [0.15, 0.2) is 47.4 Å². The van der Waals surface area contributed by atoms with Gasteiger partial charge in [-0.2, -0.15) is 10.1 Å². The number of nitrogen functional groups attached to an aromatic ring is 1. The van der Waals surface area contributed by atoms with Crippen LogP contribution in [0.1, 0.15) is 33.9 Å². The number of nitrogens with one attached hydrogen (secondary N) is 1. The summed E-state index contributed by atoms with van der Waals surface area (Å²) >= 11 is 0. The number of nitrogens with two attached hydrogens (primary N) is 1. The number of aliphatic hydroxyl groups is 2. The number of benzene rings is 1. The standard InChI is InChI=1S/C23H32FN4O9P/c1-13(2)34-20(30)14(3)27-38(33,37-16-8-6-5-7-9-16)36-15(4)18-19(29)23(32,12-24)21(35-18)28-11-10-17(25)26-22(28)31/h5-11,13-15,18-19,21,29,32H,12H2,1-4H3,(H,27,33)(H2,25,26,31)/t14-,15-,18+,19?,21+,23+,38?/m0/s1. The molecule has 38 heavy (non-hydrogen) atoms. The number of hydrogen-bond donors (Lipinski definition) is 4. The number of esters is 1. The van der Waals surface area contributed by atoms with Crippen molar-refractivity contribution >= 4 is 19.5 Å². The molecule has 0 spiro atoms. The van der Waals surface area contributed by atoms with Crippen LogP contribution in [0.5, 0.6) is 5.75 Å². The second-order valence-electron chi connectivity index (χ2n) is 9.11. The van der Waals surface area contributed by atoms with E-state index in [1.165, 1.54) is 32.0 Å². The molecule has 7 atom stereocenters. The maximum atomic E-state index is 14.1. The number of rotatable bonds is 11. The summed E-state index contributed by atoms with van der Waals surface area (Å²) in [5, 5.41) is 24.3. The summed E-state index contributed by atoms with van der Waals surface area (Å²) in [6, 6.07) is 8.01. The summed E-state index contributed by atoms with van der Waals surface area (Å²) < 4.78 is 50.7. The van der Waals surface area contributed by atoms with E-state index in [-0.39, 0.29) is 11.6 Å². The van der Waals surface area contributed by atoms with Crippen molar-refractivity contribution in [3.8, 4) is 5.75 Å². The van der Waals surface area contributed by atoms with Gasteiger partial charge in [-0.15, -0.1) is 0 Å². The fourth-order valence-corrected chi connectivity index (χ4v) is 5.49. The van der Waals surface area contributed by atoms with Gasteiger partial charge in [-0.05, 0) is 45.9 Å². The highest BCUT2D eigenvalue weighted by atomic mass is 31.2. The Bertz CT molecular complexity index is 1220. The van der Waals surface area contributed by atoms with Crippen LogP contribution in [0.4, 0.5) is 10.2 Å². The Morgan fingerprint density at radius 2 is 1.95 bits per heavy atom. The lowest BCUT2D eigenvalue weighted by molar-refractivity contribution is -0.149. The van der Waals surface area contributed by atoms with E-state index < -0.39 is 68.4 Å². The van der Waals surface area contributed by atoms with Crippen molar-refractivity contribution in [1.82, 2.24) is 14.6 Å². The Labute approximate surface area is 218 Å². The topological polar surface area (TPSA) is 184 Å². The number of aromatic nitrogens is 2. The zero-order valence-corrected chi connectivity index (χ0v) is 22.2. The van der Waals surface area contributed by atoms with Crippen LogP contribution >= 0.6 is 7.75 Å². The van der Waals surface area contributed by atoms with Gasteiger partial charge in [-0.25, -0.2) is 13.8 Å². The van der Waals surface area contributed by atoms with E-state index in [1.807, 2.05) is 0 Å². The average molecular weight is 559 g/mol. The number of carbonyl (C=O) groups is 1. The number of aliphatic hydroxyl groups excluding tert-OH is 1. The molecule has 13 nitrogen and oxygen atoms in total. The first-order valence-electron chi connectivity index (χ1n) is 11.8. The molecule has 1 aliphatic heterocycles. The van der Waals surface area contributed by atoms with Gasteiger partial charge in [-0.1, -0.05) is 18.2 Å². The Hall–Kier alpha value is -2.87. The van der Waals surface area contributed by atoms with Crippen molar-refractivity contribution in [2.75, 3.05) is 12.4 Å². The molecule has 0 saturated carbocycles. The summed E-state index contributed by atoms with van der Waals surface area (Å²) in [5.74, 6) is -0.713. The monoisotopic (exact) mass is 558 g/mol. The summed E-state index contributed by atoms with van der Waals surface area (Å²) in [6.07, 6.45) is -5.81. The molecule has 2 heterocycles. The highest BCUT2D eigenvalue weighted by Gasteiger charge is 2.59. The average Bonchev–Trinajstić information content (AvgIpc) is 3.10. The molecule has 1 saturated heterocycles. The van der Waals surface area contributed by atoms with Gasteiger partial charge < -0.3 is 29.9 Å². The fourth-order valence-electron chi connectivity index (χ4n) is 3.80. The Morgan fingerprint density at radius 3 is 2.53 bits per heavy atom. The van der Waals surface area contributed by atoms with E-state index in [2.05, 4.69) is 10.1 Å². The first-order valence-corrected chi connectivity index (χ1v) is 13.3. The van der Waals surface area contributed by atoms with E-state index >= 15 is 0 Å². The number of hydrogen-bond acceptors (Lipinski definition) is 11. The van der Waals surface area contributed by atoms with E-state index in [1.54, 1.807) is 32.0 Å². The predicted molar refractivity (Wildman–Crippen MR) is 133 cm³/mol. The Balaban J connectivity index is 1.88. The molecule has 2 aromatic rings. The van der Waals surface area contributed by atoms with E-state index in [4.69, 9.17) is 24.3 Å². The van der Waals surface area contributed by atoms with Crippen molar-refractivity contribution in [1.29, 1.82) is 0 Å². The van der Waals surface area contributed by atoms with Crippen LogP contribution in [0.25, 0.3) is 0 Å². The van der Waals surface area contributed by atoms with Crippen LogP contribution < -0.4 is 21.0 Å². The molecule has 1 aromatic heterocycles. The first kappa shape index (κ1) is 29.7. The van der Waals surface area contributed by atoms with Gasteiger partial charge in [0, 0.05) is 6.20 Å². The minimum absolute atomic E-state index is 0.114. The summed E-state index contributed by atoms with van der Waals surface area (Å²) in [5.41, 5.74) is 1.95. The number of ether oxygens (including phenoxy) is 2. The van der Waals surface area contributed by atoms with Crippen LogP contribution in [0, 0.1) is 0 Å². The number of halogens is 1. The zero-order chi connectivity index (χ0) is 28.3. The first-order chi connectivity index (χ1) is 17.8. The molecular formula is C23H32FN4O9P. The molecule has 1 aromatic carbocycles. The zero-order valence-electron chi connectivity index (χ0n) is 21.3. The molecule has 0 amide bonds. The summed E-state index contributed by atoms with van der Waals surface area (Å²) in [4.78, 5) is 28.2. The van der Waals surface area contributed by atoms with Crippen molar-refractivity contribution < 1.29 is 42.5 Å². The maximum absolute atomic E-state index is 14.1. The molecule has 1 aliphatic rings. The highest BCUT2D eigenvalue weighted by molar-refractivity contribution is 7.52. The number of nitrogens with zero attached hydrogens (tertiary/aromatic N) is 2. The minimum Gasteiger partial charge on any atom is -0.462 e. The SMILES string of the molecule is CC(C)OC(=O)[C@H](C)NP(=O)(Oc1ccccc1)O[C@@H](C)[C@H]1O[C@@H](n2ccc(N)nc2=O)[C@@](O)(CF)C1O. The second-order valence-corrected chi connectivity index (χ2v) is 10.8. The van der Waals surface area contributed by atoms with Crippen LogP contribution in [-0.2, 0) is 23.4 Å². The molecule has 1 fully saturated rings. The van der Waals surface area contributed by atoms with Crippen molar-refractivity contribution in [2.45, 2.75) is 70.0 Å². The van der Waals surface area contributed by atoms with Gasteiger partial charge in [0.25, 0.3) is 0 Å². The van der Waals surface area contributed by atoms with Crippen LogP contribution in [-0.4, -0.2) is 68.5 Å². The van der Waals surface area contributed by atoms with Crippen molar-refractivity contribution in [2.24, 2.45) is 0 Å². The number of carbonyl (C=O) groups excluding carboxylic acids is 1. The van der Waals surface area contributed by atoms with Gasteiger partial charge in [0.15, 0.2) is 11.8 Å². The molecule has 0 radical (unpaired) electrons. The number of para-hydroxylation sites is 1. The lowest BCUT2D eigenvalue weighted by atomic mass is 9.93. The fraction of sp³-hybridized carbons (Fsp3) is 0.522. The molecule has 0 aliphatic carbocycles. The van der Waals surface area contributed by atoms with Crippen LogP contribution in [0.3, 0.4) is 0 Å². The van der Waals surface area contributed by atoms with E-state index in [0.717, 1.165) is 10.8 Å². The molecular weight excluding hydrogens is 526 g/mol. The summed E-state index contributed by atoms with van der Waals surface area (Å²) in [6.45, 7) is 4.50. The van der Waals surface area contributed by atoms with Crippen molar-refractivity contribution in [3.05, 3.63) is 53.1 Å². The van der Waals surface area contributed by atoms with Crippen LogP contribution in [0.2, 0.25) is 0 Å². The predicted octanol–water partition coefficient (Wildman–Crippen LogP) is 1.31. The van der Waals surface area contributed by atoms with E-state index in [0.29, 0.717) is 0 Å². The number of alkyl halides is 1. The molecule has 5 N–H and O–H groups in total. The number of anilines is 1. The lowest BCUT2D eigenvalue weighted by Gasteiger charge is -2.30. The second kappa shape index (κ2) is 11.9. The largest absolute Gasteiger partial charge is 0.462 e. The third-order valence-electron chi connectivity index (χ3n) is 5.65. The molecule has 15 heteroatoms. The normalized spacial score (nSPS) is 26.5. The van der Waals surface area contributed by atoms with Gasteiger partial charge in [-0.3, -0.25) is 13.9 Å². The van der Waals surface area contributed by atoms with Gasteiger partial charge in [0.2, 0.25) is 0 Å². The Kier molecular flexibility index (Phi) is 9.29. The Morgan fingerprint density at radius 1 is 1.29 bits per heavy atom. The van der Waals surface area contributed by atoms with Gasteiger partial charge in [0.1, 0.15) is 36.5 Å². The molecule has 3 rings (SSSR count). The third kappa shape index (κ3) is 6.57. The molecule has 210 valence electrons.